The van der Waals surface area contributed by atoms with Gasteiger partial charge in [0.1, 0.15) is 11.7 Å². The standard InChI is InChI=1S/C38H47N2/c1-10-21-38(9,12-3)31-18-14-17-29-30-23-28(24-37(6,7)8)19-20-32(30)40-33(34-26(4)15-13-16-27(34)5)25-39(22-11-2)36(40)35(29)31/h10,13-20,23,25H,1,11-12,21-22,24H2,2-9H3/q+1. The molecule has 40 heavy (non-hydrogen) atoms. The van der Waals surface area contributed by atoms with Gasteiger partial charge in [0, 0.05) is 16.3 Å². The van der Waals surface area contributed by atoms with Crippen LogP contribution >= 0.6 is 0 Å². The van der Waals surface area contributed by atoms with Crippen LogP contribution < -0.4 is 4.57 Å². The predicted octanol–water partition coefficient (Wildman–Crippen LogP) is 10.1. The van der Waals surface area contributed by atoms with Gasteiger partial charge in [-0.1, -0.05) is 90.1 Å². The van der Waals surface area contributed by atoms with E-state index in [1.54, 1.807) is 0 Å². The molecule has 0 saturated carbocycles. The highest BCUT2D eigenvalue weighted by atomic mass is 15.1. The molecule has 0 amide bonds. The Kier molecular flexibility index (Phi) is 7.42. The summed E-state index contributed by atoms with van der Waals surface area (Å²) in [5.41, 5.74) is 10.9. The van der Waals surface area contributed by atoms with Crippen molar-refractivity contribution in [3.8, 4) is 11.3 Å². The summed E-state index contributed by atoms with van der Waals surface area (Å²) >= 11 is 0. The Morgan fingerprint density at radius 1 is 0.900 bits per heavy atom. The van der Waals surface area contributed by atoms with Crippen LogP contribution in [-0.4, -0.2) is 4.40 Å². The van der Waals surface area contributed by atoms with E-state index in [-0.39, 0.29) is 10.8 Å². The van der Waals surface area contributed by atoms with Crippen molar-refractivity contribution in [2.45, 2.75) is 93.0 Å². The first kappa shape index (κ1) is 28.1. The van der Waals surface area contributed by atoms with Crippen molar-refractivity contribution in [2.24, 2.45) is 5.41 Å². The van der Waals surface area contributed by atoms with Crippen molar-refractivity contribution >= 4 is 27.3 Å². The molecule has 0 saturated heterocycles. The Morgan fingerprint density at radius 2 is 1.60 bits per heavy atom. The van der Waals surface area contributed by atoms with Gasteiger partial charge in [0.05, 0.1) is 11.9 Å². The molecule has 3 aromatic carbocycles. The van der Waals surface area contributed by atoms with Gasteiger partial charge in [0.15, 0.2) is 5.69 Å². The van der Waals surface area contributed by atoms with Gasteiger partial charge < -0.3 is 0 Å². The molecule has 0 bridgehead atoms. The second-order valence-electron chi connectivity index (χ2n) is 13.4. The van der Waals surface area contributed by atoms with Crippen molar-refractivity contribution < 1.29 is 4.57 Å². The highest BCUT2D eigenvalue weighted by Gasteiger charge is 2.32. The number of imidazole rings is 1. The van der Waals surface area contributed by atoms with Gasteiger partial charge in [-0.15, -0.1) is 6.58 Å². The van der Waals surface area contributed by atoms with Crippen LogP contribution in [0.25, 0.3) is 38.6 Å². The van der Waals surface area contributed by atoms with Crippen LogP contribution in [0.15, 0.2) is 73.4 Å². The number of fused-ring (bicyclic) bond motifs is 6. The number of allylic oxidation sites excluding steroid dienone is 1. The number of nitrogens with zero attached hydrogens (tertiary/aromatic N) is 2. The largest absolute Gasteiger partial charge is 0.295 e. The molecule has 2 nitrogen and oxygen atoms in total. The topological polar surface area (TPSA) is 8.29 Å². The molecule has 208 valence electrons. The van der Waals surface area contributed by atoms with Crippen LogP contribution in [0.1, 0.15) is 83.1 Å². The fourth-order valence-corrected chi connectivity index (χ4v) is 6.81. The molecule has 1 unspecified atom stereocenters. The van der Waals surface area contributed by atoms with E-state index in [1.807, 2.05) is 0 Å². The molecule has 5 rings (SSSR count). The van der Waals surface area contributed by atoms with E-state index in [2.05, 4.69) is 138 Å². The van der Waals surface area contributed by atoms with E-state index in [9.17, 15) is 0 Å². The van der Waals surface area contributed by atoms with Crippen molar-refractivity contribution in [3.63, 3.8) is 0 Å². The Labute approximate surface area is 241 Å². The summed E-state index contributed by atoms with van der Waals surface area (Å²) in [5.74, 6) is 0. The summed E-state index contributed by atoms with van der Waals surface area (Å²) in [7, 11) is 0. The number of hydrogen-bond donors (Lipinski definition) is 0. The molecule has 0 N–H and O–H groups in total. The van der Waals surface area contributed by atoms with Crippen LogP contribution in [0.2, 0.25) is 0 Å². The zero-order valence-electron chi connectivity index (χ0n) is 26.0. The third-order valence-electron chi connectivity index (χ3n) is 8.84. The van der Waals surface area contributed by atoms with E-state index < -0.39 is 0 Å². The molecular formula is C38H47N2+. The first-order chi connectivity index (χ1) is 19.0. The van der Waals surface area contributed by atoms with Crippen LogP contribution in [0.5, 0.6) is 0 Å². The van der Waals surface area contributed by atoms with Crippen LogP contribution in [-0.2, 0) is 18.4 Å². The van der Waals surface area contributed by atoms with Crippen LogP contribution in [0, 0.1) is 19.3 Å². The molecule has 5 aromatic rings. The average molecular weight is 532 g/mol. The first-order valence-corrected chi connectivity index (χ1v) is 15.1. The minimum atomic E-state index is 0.00546. The summed E-state index contributed by atoms with van der Waals surface area (Å²) in [5, 5.41) is 4.09. The molecule has 2 heteroatoms. The second-order valence-corrected chi connectivity index (χ2v) is 13.4. The van der Waals surface area contributed by atoms with E-state index in [1.165, 1.54) is 60.8 Å². The fraction of sp³-hybridized carbons (Fsp3) is 0.395. The summed E-state index contributed by atoms with van der Waals surface area (Å²) in [6.07, 6.45) is 8.67. The average Bonchev–Trinajstić information content (AvgIpc) is 3.26. The minimum Gasteiger partial charge on any atom is -0.229 e. The summed E-state index contributed by atoms with van der Waals surface area (Å²) in [6, 6.07) is 20.9. The molecule has 2 aromatic heterocycles. The third-order valence-corrected chi connectivity index (χ3v) is 8.84. The number of rotatable bonds is 8. The molecular weight excluding hydrogens is 484 g/mol. The van der Waals surface area contributed by atoms with E-state index >= 15 is 0 Å². The van der Waals surface area contributed by atoms with Crippen LogP contribution in [0.4, 0.5) is 0 Å². The highest BCUT2D eigenvalue weighted by molar-refractivity contribution is 6.13. The van der Waals surface area contributed by atoms with Crippen molar-refractivity contribution in [1.29, 1.82) is 0 Å². The lowest BCUT2D eigenvalue weighted by Crippen LogP contribution is -2.33. The summed E-state index contributed by atoms with van der Waals surface area (Å²) in [6.45, 7) is 23.7. The van der Waals surface area contributed by atoms with Crippen molar-refractivity contribution in [1.82, 2.24) is 4.40 Å². The molecule has 0 aliphatic heterocycles. The number of hydrogen-bond acceptors (Lipinski definition) is 0. The minimum absolute atomic E-state index is 0.00546. The zero-order valence-corrected chi connectivity index (χ0v) is 26.0. The number of aromatic nitrogens is 2. The lowest BCUT2D eigenvalue weighted by molar-refractivity contribution is -0.669. The van der Waals surface area contributed by atoms with Crippen molar-refractivity contribution in [3.05, 3.63) is 95.7 Å². The maximum atomic E-state index is 4.16. The monoisotopic (exact) mass is 531 g/mol. The molecule has 0 aliphatic rings. The number of aryl methyl sites for hydroxylation is 3. The summed E-state index contributed by atoms with van der Waals surface area (Å²) in [4.78, 5) is 0. The predicted molar refractivity (Wildman–Crippen MR) is 173 cm³/mol. The lowest BCUT2D eigenvalue weighted by atomic mass is 9.75. The quantitative estimate of drug-likeness (QED) is 0.107. The Hall–Kier alpha value is -3.39. The molecule has 0 spiro atoms. The number of pyridine rings is 1. The normalized spacial score (nSPS) is 13.8. The smallest absolute Gasteiger partial charge is 0.229 e. The number of benzene rings is 3. The van der Waals surface area contributed by atoms with Gasteiger partial charge in [-0.25, -0.2) is 4.57 Å². The van der Waals surface area contributed by atoms with Gasteiger partial charge in [0.25, 0.3) is 5.65 Å². The van der Waals surface area contributed by atoms with Gasteiger partial charge >= 0.3 is 0 Å². The third kappa shape index (κ3) is 4.76. The second kappa shape index (κ2) is 10.5. The summed E-state index contributed by atoms with van der Waals surface area (Å²) < 4.78 is 5.11. The first-order valence-electron chi connectivity index (χ1n) is 15.1. The van der Waals surface area contributed by atoms with E-state index in [4.69, 9.17) is 0 Å². The van der Waals surface area contributed by atoms with Gasteiger partial charge in [-0.3, -0.25) is 0 Å². The van der Waals surface area contributed by atoms with Gasteiger partial charge in [-0.2, -0.15) is 4.40 Å². The maximum absolute atomic E-state index is 4.16. The maximum Gasteiger partial charge on any atom is 0.295 e. The molecule has 1 atom stereocenters. The van der Waals surface area contributed by atoms with E-state index in [0.717, 1.165) is 32.2 Å². The Bertz CT molecular complexity index is 1710. The van der Waals surface area contributed by atoms with Crippen molar-refractivity contribution in [2.75, 3.05) is 0 Å². The van der Waals surface area contributed by atoms with Crippen LogP contribution in [0.3, 0.4) is 0 Å². The molecule has 0 fully saturated rings. The fourth-order valence-electron chi connectivity index (χ4n) is 6.81. The SMILES string of the molecule is C=CCC(C)(CC)c1cccc2c3cc(CC(C)(C)C)ccc3n3c(-c4c(C)cccc4C)c[n+](CCC)c3c12. The lowest BCUT2D eigenvalue weighted by Gasteiger charge is -2.29. The van der Waals surface area contributed by atoms with Gasteiger partial charge in [-0.05, 0) is 84.7 Å². The Morgan fingerprint density at radius 3 is 2.23 bits per heavy atom. The van der Waals surface area contributed by atoms with E-state index in [0.29, 0.717) is 0 Å². The highest BCUT2D eigenvalue weighted by Crippen LogP contribution is 2.42. The molecule has 0 aliphatic carbocycles. The van der Waals surface area contributed by atoms with Gasteiger partial charge in [0.2, 0.25) is 0 Å². The zero-order chi connectivity index (χ0) is 28.8. The molecule has 0 radical (unpaired) electrons. The Balaban J connectivity index is 2.06. The molecule has 2 heterocycles.